The Morgan fingerprint density at radius 1 is 0.258 bits per heavy atom. The molecule has 9 nitrogen and oxygen atoms in total. The van der Waals surface area contributed by atoms with Crippen LogP contribution >= 0.6 is 35.7 Å². The van der Waals surface area contributed by atoms with Crippen LogP contribution in [0.4, 0.5) is 0 Å². The lowest BCUT2D eigenvalue weighted by Gasteiger charge is -2.26. The van der Waals surface area contributed by atoms with Gasteiger partial charge >= 0.3 is 25.8 Å². The maximum atomic E-state index is 7.28. The van der Waals surface area contributed by atoms with Crippen molar-refractivity contribution < 1.29 is 43.7 Å². The smallest absolute Gasteiger partial charge is 0.409 e. The summed E-state index contributed by atoms with van der Waals surface area (Å²) in [6, 6.07) is 78.9. The van der Waals surface area contributed by atoms with Crippen LogP contribution in [0, 0.1) is 27.7 Å². The molecule has 0 aliphatic carbocycles. The summed E-state index contributed by atoms with van der Waals surface area (Å²) in [4.78, 5) is 0. The molecule has 0 fully saturated rings. The first kappa shape index (κ1) is 76.2. The Bertz CT molecular complexity index is 3760. The fourth-order valence-corrected chi connectivity index (χ4v) is 13.4. The zero-order valence-electron chi connectivity index (χ0n) is 62.0. The second kappa shape index (κ2) is 39.3. The highest BCUT2D eigenvalue weighted by Gasteiger charge is 2.31. The van der Waals surface area contributed by atoms with E-state index in [9.17, 15) is 0 Å². The van der Waals surface area contributed by atoms with Crippen LogP contribution in [0.15, 0.2) is 237 Å². The van der Waals surface area contributed by atoms with Crippen molar-refractivity contribution in [1.82, 2.24) is 0 Å². The van der Waals surface area contributed by atoms with E-state index in [-0.39, 0.29) is 33.6 Å². The quantitative estimate of drug-likeness (QED) is 0.0582. The third-order valence-corrected chi connectivity index (χ3v) is 18.2. The number of hydrogen-bond donors (Lipinski definition) is 0. The Morgan fingerprint density at radius 3 is 0.742 bits per heavy atom. The topological polar surface area (TPSA) is 83.1 Å². The molecule has 0 aliphatic heterocycles. The summed E-state index contributed by atoms with van der Waals surface area (Å²) in [5.41, 5.74) is 10.3. The lowest BCUT2D eigenvalue weighted by molar-refractivity contribution is 0.381. The van der Waals surface area contributed by atoms with Gasteiger partial charge in [0.1, 0.15) is 51.7 Å². The van der Waals surface area contributed by atoms with Crippen LogP contribution in [0.2, 0.25) is 0 Å². The van der Waals surface area contributed by atoms with E-state index in [1.165, 1.54) is 0 Å². The minimum absolute atomic E-state index is 0. The van der Waals surface area contributed by atoms with E-state index in [4.69, 9.17) is 43.7 Å². The molecule has 0 aliphatic rings. The second-order valence-corrected chi connectivity index (χ2v) is 26.5. The molecule has 0 heterocycles. The molecule has 0 saturated carbocycles. The van der Waals surface area contributed by atoms with Gasteiger partial charge in [-0.2, -0.15) is 9.90 Å². The van der Waals surface area contributed by atoms with E-state index < -0.39 is 25.8 Å². The second-order valence-electron chi connectivity index (χ2n) is 23.5. The average Bonchev–Trinajstić information content (AvgIpc) is 0.750. The lowest BCUT2D eigenvalue weighted by atomic mass is 9.92. The molecule has 512 valence electrons. The molecule has 11 aromatic rings. The molecule has 0 radical (unpaired) electrons. The maximum Gasteiger partial charge on any atom is 0.530 e. The summed E-state index contributed by atoms with van der Waals surface area (Å²) in [5.74, 6) is 7.02. The maximum absolute atomic E-state index is 7.28. The monoisotopic (exact) mass is 1380 g/mol. The fourth-order valence-electron chi connectivity index (χ4n) is 10.3. The fraction of sp³-hybridized carbons (Fsp3) is 0.262. The van der Waals surface area contributed by atoms with Gasteiger partial charge in [-0.05, 0) is 190 Å². The van der Waals surface area contributed by atoms with Crippen LogP contribution in [0.3, 0.4) is 0 Å². The molecule has 1 atom stereocenters. The highest BCUT2D eigenvalue weighted by molar-refractivity contribution is 7.43. The van der Waals surface area contributed by atoms with E-state index in [1.807, 2.05) is 145 Å². The molecule has 0 spiro atoms. The van der Waals surface area contributed by atoms with Crippen molar-refractivity contribution in [2.24, 2.45) is 0 Å². The van der Waals surface area contributed by atoms with E-state index in [2.05, 4.69) is 217 Å². The van der Waals surface area contributed by atoms with E-state index in [0.717, 1.165) is 100 Å². The molecule has 11 aromatic carbocycles. The van der Waals surface area contributed by atoms with Crippen LogP contribution in [-0.2, 0) is 0 Å². The van der Waals surface area contributed by atoms with Gasteiger partial charge in [-0.15, -0.1) is 0 Å². The van der Waals surface area contributed by atoms with E-state index >= 15 is 0 Å². The Hall–Kier alpha value is -8.14. The van der Waals surface area contributed by atoms with Crippen LogP contribution in [0.25, 0.3) is 32.7 Å². The van der Waals surface area contributed by atoms with Gasteiger partial charge in [-0.25, -0.2) is 0 Å². The first-order valence-corrected chi connectivity index (χ1v) is 37.0. The minimum Gasteiger partial charge on any atom is -0.409 e. The van der Waals surface area contributed by atoms with Gasteiger partial charge in [0, 0.05) is 14.1 Å². The summed E-state index contributed by atoms with van der Waals surface area (Å²) in [5, 5.41) is 4.04. The van der Waals surface area contributed by atoms with Gasteiger partial charge in [-0.1, -0.05) is 261 Å². The average molecular weight is 1380 g/mol. The number of fused-ring (bicyclic) bond motifs is 2. The van der Waals surface area contributed by atoms with Gasteiger partial charge in [0.25, 0.3) is 0 Å². The zero-order chi connectivity index (χ0) is 71.3. The Kier molecular flexibility index (Phi) is 30.9. The Morgan fingerprint density at radius 2 is 0.485 bits per heavy atom. The van der Waals surface area contributed by atoms with Gasteiger partial charge in [-0.3, -0.25) is 0 Å². The van der Waals surface area contributed by atoms with E-state index in [0.29, 0.717) is 28.7 Å². The van der Waals surface area contributed by atoms with E-state index in [1.54, 1.807) is 0 Å². The molecular weight excluding hydrogens is 1280 g/mol. The molecule has 0 saturated heterocycles. The number of aryl methyl sites for hydroxylation is 4. The Balaban J connectivity index is 0.000000476. The highest BCUT2D eigenvalue weighted by Crippen LogP contribution is 2.55. The molecule has 13 heteroatoms. The molecule has 0 bridgehead atoms. The number of rotatable bonds is 23. The summed E-state index contributed by atoms with van der Waals surface area (Å²) < 4.78 is 70.2. The molecule has 1 unspecified atom stereocenters. The Labute approximate surface area is 589 Å². The van der Waals surface area contributed by atoms with Crippen LogP contribution in [0.5, 0.6) is 51.7 Å². The summed E-state index contributed by atoms with van der Waals surface area (Å²) in [7, 11) is -5.80. The van der Waals surface area contributed by atoms with Crippen molar-refractivity contribution in [3.63, 3.8) is 0 Å². The number of benzene rings is 11. The van der Waals surface area contributed by atoms with Gasteiger partial charge in [0.15, 0.2) is 0 Å². The minimum atomic E-state index is -2.11. The predicted octanol–water partition coefficient (Wildman–Crippen LogP) is 27.7. The largest absolute Gasteiger partial charge is 0.530 e. The SMILES string of the molecule is CC.CC.CC.Cc1ccc(C(C)C)c(OP(Oc2cc(C)ccc2C(C)C)Oc2ccc3ccccc3c2-c2c(OP(Oc3cc(C)ccc3C(C)C)Oc3cc(C)ccc3C(C)C)ccc3ccccc23)c1.P.[3H][3H].c1ccc(OP(Oc2ccccc2)Oc2ccccc2)cc1. The zero-order valence-corrected chi connectivity index (χ0v) is 64.1. The molecule has 0 amide bonds. The van der Waals surface area contributed by atoms with Gasteiger partial charge < -0.3 is 40.7 Å². The van der Waals surface area contributed by atoms with Crippen molar-refractivity contribution in [1.29, 1.82) is 0 Å². The molecular formula is C84H102O9P4. The molecule has 0 aromatic heterocycles. The summed E-state index contributed by atoms with van der Waals surface area (Å²) in [6.45, 7) is 37.7. The van der Waals surface area contributed by atoms with Crippen molar-refractivity contribution in [3.8, 4) is 62.9 Å². The first-order valence-electron chi connectivity index (χ1n) is 34.7. The van der Waals surface area contributed by atoms with Gasteiger partial charge in [0.05, 0.1) is 0 Å². The van der Waals surface area contributed by atoms with Crippen LogP contribution in [0.1, 0.15) is 168 Å². The van der Waals surface area contributed by atoms with Crippen LogP contribution in [-0.4, -0.2) is 0 Å². The summed E-state index contributed by atoms with van der Waals surface area (Å²) in [6.07, 6.45) is 0. The first-order chi connectivity index (χ1) is 47.5. The predicted molar refractivity (Wildman–Crippen MR) is 421 cm³/mol. The third kappa shape index (κ3) is 21.9. The van der Waals surface area contributed by atoms with Crippen molar-refractivity contribution in [2.45, 2.75) is 148 Å². The van der Waals surface area contributed by atoms with Crippen LogP contribution < -0.4 is 40.7 Å². The molecule has 97 heavy (non-hydrogen) atoms. The standard InChI is InChI=1S/C60H64O6P2.C18H15O3P.3C2H6.H3P.H2/c1-37(2)47-27-21-41(9)33-55(47)63-67(64-56-34-42(10)22-28-48(56)38(3)4)61-53-31-25-45-17-13-15-19-51(45)59(53)60-52-20-16-14-18-46(52)26-32-54(60)62-68(65-57-35-43(11)23-29-49(57)39(5)6)66-58-36-44(12)24-30-50(58)40(7)8;1-4-10-16(11-5-1)19-22(20-17-12-6-2-7-13-17)21-18-14-8-3-9-15-18;3*1-2;;/h13-40H,1-12H3;1-15H;3*1-2H3;1H3;1H/i;;;;;;1+2T. The molecule has 11 rings (SSSR count). The number of hydrogen-bond acceptors (Lipinski definition) is 9. The third-order valence-electron chi connectivity index (χ3n) is 15.0. The van der Waals surface area contributed by atoms with Gasteiger partial charge in [0.2, 0.25) is 0 Å². The van der Waals surface area contributed by atoms with Crippen molar-refractivity contribution in [3.05, 3.63) is 281 Å². The molecule has 0 N–H and O–H groups in total. The summed E-state index contributed by atoms with van der Waals surface area (Å²) >= 11 is 0. The lowest BCUT2D eigenvalue weighted by Crippen LogP contribution is -2.08. The van der Waals surface area contributed by atoms with Crippen molar-refractivity contribution in [2.75, 3.05) is 0 Å². The number of para-hydroxylation sites is 3. The highest BCUT2D eigenvalue weighted by atomic mass is 31.2. The normalized spacial score (nSPS) is 10.8. The van der Waals surface area contributed by atoms with Crippen molar-refractivity contribution >= 4 is 57.3 Å².